The Kier molecular flexibility index (Phi) is 7.94. The Morgan fingerprint density at radius 2 is 1.90 bits per heavy atom. The fraction of sp³-hybridized carbons (Fsp3) is 0.476. The summed E-state index contributed by atoms with van der Waals surface area (Å²) in [6.07, 6.45) is 0. The Balaban J connectivity index is 1.46. The normalized spacial score (nSPS) is 16.4. The van der Waals surface area contributed by atoms with Crippen molar-refractivity contribution in [2.24, 2.45) is 0 Å². The van der Waals surface area contributed by atoms with Gasteiger partial charge in [0.15, 0.2) is 11.5 Å². The number of carbonyl (C=O) groups is 1. The molecule has 0 aliphatic carbocycles. The first kappa shape index (κ1) is 22.1. The van der Waals surface area contributed by atoms with E-state index in [-0.39, 0.29) is 11.9 Å². The van der Waals surface area contributed by atoms with Gasteiger partial charge in [0.05, 0.1) is 20.3 Å². The molecule has 1 saturated heterocycles. The van der Waals surface area contributed by atoms with Crippen LogP contribution in [-0.2, 0) is 17.9 Å². The van der Waals surface area contributed by atoms with Crippen molar-refractivity contribution in [2.45, 2.75) is 26.1 Å². The minimum Gasteiger partial charge on any atom is -0.493 e. The average molecular weight is 482 g/mol. The van der Waals surface area contributed by atoms with Crippen LogP contribution in [0.25, 0.3) is 0 Å². The Morgan fingerprint density at radius 3 is 2.52 bits per heavy atom. The van der Waals surface area contributed by atoms with Crippen LogP contribution in [0.4, 0.5) is 0 Å². The smallest absolute Gasteiger partial charge is 0.237 e. The van der Waals surface area contributed by atoms with E-state index in [4.69, 9.17) is 9.47 Å². The van der Waals surface area contributed by atoms with Crippen LogP contribution in [0, 0.1) is 0 Å². The number of halogens is 1. The lowest BCUT2D eigenvalue weighted by atomic mass is 10.1. The van der Waals surface area contributed by atoms with Crippen molar-refractivity contribution in [1.29, 1.82) is 0 Å². The van der Waals surface area contributed by atoms with Gasteiger partial charge in [-0.05, 0) is 52.0 Å². The number of thiophene rings is 1. The van der Waals surface area contributed by atoms with E-state index in [9.17, 15) is 4.79 Å². The van der Waals surface area contributed by atoms with E-state index in [1.807, 2.05) is 25.1 Å². The molecule has 158 valence electrons. The number of rotatable bonds is 8. The molecule has 1 aliphatic rings. The summed E-state index contributed by atoms with van der Waals surface area (Å²) in [6, 6.07) is 7.64. The molecule has 0 saturated carbocycles. The molecule has 2 heterocycles. The van der Waals surface area contributed by atoms with Gasteiger partial charge in [0.25, 0.3) is 0 Å². The van der Waals surface area contributed by atoms with Crippen LogP contribution in [0.15, 0.2) is 34.1 Å². The van der Waals surface area contributed by atoms with Crippen LogP contribution in [0.5, 0.6) is 11.5 Å². The quantitative estimate of drug-likeness (QED) is 0.626. The van der Waals surface area contributed by atoms with E-state index in [0.29, 0.717) is 18.0 Å². The first-order valence-corrected chi connectivity index (χ1v) is 11.4. The number of nitrogens with zero attached hydrogens (tertiary/aromatic N) is 2. The lowest BCUT2D eigenvalue weighted by Gasteiger charge is -2.37. The monoisotopic (exact) mass is 481 g/mol. The van der Waals surface area contributed by atoms with E-state index in [1.54, 1.807) is 25.6 Å². The maximum Gasteiger partial charge on any atom is 0.237 e. The zero-order valence-corrected chi connectivity index (χ0v) is 19.5. The number of ether oxygens (including phenoxy) is 2. The lowest BCUT2D eigenvalue weighted by Crippen LogP contribution is -2.53. The molecule has 3 rings (SSSR count). The standard InChI is InChI=1S/C21H28BrN3O3S/c1-15(21(26)23-13-16-4-5-18(27-2)19(12-16)28-3)25-9-7-24(8-10-25)14-20-17(22)6-11-29-20/h4-6,11-12,15H,7-10,13-14H2,1-3H3,(H,23,26). The first-order valence-electron chi connectivity index (χ1n) is 9.68. The number of benzene rings is 1. The van der Waals surface area contributed by atoms with E-state index < -0.39 is 0 Å². The molecular weight excluding hydrogens is 454 g/mol. The Labute approximate surface area is 184 Å². The second kappa shape index (κ2) is 10.4. The molecule has 1 unspecified atom stereocenters. The van der Waals surface area contributed by atoms with Gasteiger partial charge in [-0.25, -0.2) is 0 Å². The van der Waals surface area contributed by atoms with Crippen molar-refractivity contribution in [3.63, 3.8) is 0 Å². The number of hydrogen-bond donors (Lipinski definition) is 1. The zero-order valence-electron chi connectivity index (χ0n) is 17.1. The number of amides is 1. The van der Waals surface area contributed by atoms with Crippen LogP contribution in [0.2, 0.25) is 0 Å². The van der Waals surface area contributed by atoms with Crippen molar-refractivity contribution in [3.8, 4) is 11.5 Å². The number of piperazine rings is 1. The maximum atomic E-state index is 12.6. The SMILES string of the molecule is COc1ccc(CNC(=O)C(C)N2CCN(Cc3sccc3Br)CC2)cc1OC. The van der Waals surface area contributed by atoms with Gasteiger partial charge in [-0.1, -0.05) is 6.07 Å². The van der Waals surface area contributed by atoms with Crippen LogP contribution >= 0.6 is 27.3 Å². The highest BCUT2D eigenvalue weighted by atomic mass is 79.9. The summed E-state index contributed by atoms with van der Waals surface area (Å²) >= 11 is 5.39. The molecule has 29 heavy (non-hydrogen) atoms. The van der Waals surface area contributed by atoms with E-state index in [1.165, 1.54) is 9.35 Å². The predicted molar refractivity (Wildman–Crippen MR) is 120 cm³/mol. The van der Waals surface area contributed by atoms with Gasteiger partial charge < -0.3 is 14.8 Å². The summed E-state index contributed by atoms with van der Waals surface area (Å²) < 4.78 is 11.8. The minimum atomic E-state index is -0.147. The number of methoxy groups -OCH3 is 2. The molecule has 1 aliphatic heterocycles. The van der Waals surface area contributed by atoms with Gasteiger partial charge in [-0.3, -0.25) is 14.6 Å². The van der Waals surface area contributed by atoms with Gasteiger partial charge >= 0.3 is 0 Å². The average Bonchev–Trinajstić information content (AvgIpc) is 3.16. The van der Waals surface area contributed by atoms with Gasteiger partial charge in [-0.2, -0.15) is 0 Å². The van der Waals surface area contributed by atoms with Gasteiger partial charge in [-0.15, -0.1) is 11.3 Å². The minimum absolute atomic E-state index is 0.0502. The third-order valence-corrected chi connectivity index (χ3v) is 7.22. The maximum absolute atomic E-state index is 12.6. The van der Waals surface area contributed by atoms with Crippen molar-refractivity contribution in [3.05, 3.63) is 44.6 Å². The second-order valence-electron chi connectivity index (χ2n) is 7.09. The Bertz CT molecular complexity index is 821. The van der Waals surface area contributed by atoms with Gasteiger partial charge in [0.1, 0.15) is 0 Å². The van der Waals surface area contributed by atoms with Crippen molar-refractivity contribution in [1.82, 2.24) is 15.1 Å². The van der Waals surface area contributed by atoms with Crippen LogP contribution < -0.4 is 14.8 Å². The fourth-order valence-corrected chi connectivity index (χ4v) is 4.96. The van der Waals surface area contributed by atoms with Crippen molar-refractivity contribution in [2.75, 3.05) is 40.4 Å². The fourth-order valence-electron chi connectivity index (χ4n) is 3.44. The highest BCUT2D eigenvalue weighted by Gasteiger charge is 2.25. The van der Waals surface area contributed by atoms with Gasteiger partial charge in [0, 0.05) is 48.6 Å². The molecule has 2 aromatic rings. The van der Waals surface area contributed by atoms with Crippen LogP contribution in [0.3, 0.4) is 0 Å². The number of nitrogens with one attached hydrogen (secondary N) is 1. The molecule has 1 aromatic heterocycles. The Hall–Kier alpha value is -1.61. The first-order chi connectivity index (χ1) is 14.0. The summed E-state index contributed by atoms with van der Waals surface area (Å²) in [7, 11) is 3.22. The predicted octanol–water partition coefficient (Wildman–Crippen LogP) is 3.35. The summed E-state index contributed by atoms with van der Waals surface area (Å²) in [6.45, 7) is 7.15. The van der Waals surface area contributed by atoms with E-state index in [2.05, 4.69) is 42.5 Å². The van der Waals surface area contributed by atoms with Crippen LogP contribution in [-0.4, -0.2) is 62.1 Å². The Morgan fingerprint density at radius 1 is 1.17 bits per heavy atom. The van der Waals surface area contributed by atoms with Gasteiger partial charge in [0.2, 0.25) is 5.91 Å². The molecular formula is C21H28BrN3O3S. The largest absolute Gasteiger partial charge is 0.493 e. The lowest BCUT2D eigenvalue weighted by molar-refractivity contribution is -0.126. The zero-order chi connectivity index (χ0) is 20.8. The topological polar surface area (TPSA) is 54.0 Å². The van der Waals surface area contributed by atoms with E-state index in [0.717, 1.165) is 38.3 Å². The number of carbonyl (C=O) groups excluding carboxylic acids is 1. The molecule has 6 nitrogen and oxygen atoms in total. The molecule has 0 radical (unpaired) electrons. The summed E-state index contributed by atoms with van der Waals surface area (Å²) in [4.78, 5) is 18.7. The van der Waals surface area contributed by atoms with E-state index >= 15 is 0 Å². The number of hydrogen-bond acceptors (Lipinski definition) is 6. The summed E-state index contributed by atoms with van der Waals surface area (Å²) in [5.74, 6) is 1.40. The molecule has 1 fully saturated rings. The second-order valence-corrected chi connectivity index (χ2v) is 8.94. The highest BCUT2D eigenvalue weighted by molar-refractivity contribution is 9.10. The summed E-state index contributed by atoms with van der Waals surface area (Å²) in [5, 5.41) is 5.16. The third kappa shape index (κ3) is 5.72. The van der Waals surface area contributed by atoms with Crippen LogP contribution in [0.1, 0.15) is 17.4 Å². The summed E-state index contributed by atoms with van der Waals surface area (Å²) in [5.41, 5.74) is 0.981. The third-order valence-electron chi connectivity index (χ3n) is 5.31. The molecule has 0 spiro atoms. The molecule has 1 atom stereocenters. The molecule has 1 aromatic carbocycles. The molecule has 8 heteroatoms. The molecule has 1 N–H and O–H groups in total. The molecule has 1 amide bonds. The van der Waals surface area contributed by atoms with Crippen molar-refractivity contribution < 1.29 is 14.3 Å². The van der Waals surface area contributed by atoms with Crippen molar-refractivity contribution >= 4 is 33.2 Å². The highest BCUT2D eigenvalue weighted by Crippen LogP contribution is 2.27. The molecule has 0 bridgehead atoms.